The predicted octanol–water partition coefficient (Wildman–Crippen LogP) is 7.29. The first-order valence-electron chi connectivity index (χ1n) is 12.0. The van der Waals surface area contributed by atoms with Crippen LogP contribution in [0.1, 0.15) is 31.1 Å². The first-order chi connectivity index (χ1) is 18.2. The molecule has 0 radical (unpaired) electrons. The highest BCUT2D eigenvalue weighted by molar-refractivity contribution is 6.04. The Hall–Kier alpha value is -4.85. The summed E-state index contributed by atoms with van der Waals surface area (Å²) in [4.78, 5) is 30.6. The van der Waals surface area contributed by atoms with Crippen molar-refractivity contribution in [2.75, 3.05) is 17.3 Å². The number of benzene rings is 3. The van der Waals surface area contributed by atoms with Gasteiger partial charge in [0.05, 0.1) is 11.9 Å². The third-order valence-corrected chi connectivity index (χ3v) is 5.20. The fraction of sp³-hybridized carbons (Fsp3) is 0.167. The van der Waals surface area contributed by atoms with E-state index >= 15 is 0 Å². The Labute approximate surface area is 221 Å². The van der Waals surface area contributed by atoms with Gasteiger partial charge in [0.15, 0.2) is 0 Å². The minimum absolute atomic E-state index is 0.267. The van der Waals surface area contributed by atoms with Crippen molar-refractivity contribution in [1.29, 1.82) is 0 Å². The number of ether oxygens (including phenoxy) is 3. The monoisotopic (exact) mass is 511 g/mol. The van der Waals surface area contributed by atoms with Gasteiger partial charge in [0, 0.05) is 24.4 Å². The van der Waals surface area contributed by atoms with Crippen LogP contribution in [0.25, 0.3) is 0 Å². The van der Waals surface area contributed by atoms with Crippen molar-refractivity contribution in [1.82, 2.24) is 4.98 Å². The van der Waals surface area contributed by atoms with Crippen LogP contribution in [-0.2, 0) is 4.74 Å². The number of anilines is 2. The number of carbonyl (C=O) groups is 2. The largest absolute Gasteiger partial charge is 0.457 e. The Morgan fingerprint density at radius 3 is 1.97 bits per heavy atom. The number of rotatable bonds is 7. The Morgan fingerprint density at radius 1 is 0.763 bits per heavy atom. The molecule has 0 aliphatic carbocycles. The summed E-state index contributed by atoms with van der Waals surface area (Å²) in [6.07, 6.45) is 1.08. The van der Waals surface area contributed by atoms with E-state index in [1.807, 2.05) is 51.1 Å². The van der Waals surface area contributed by atoms with Crippen molar-refractivity contribution in [3.63, 3.8) is 0 Å². The molecule has 0 spiro atoms. The maximum atomic E-state index is 12.6. The van der Waals surface area contributed by atoms with Crippen LogP contribution in [0, 0.1) is 0 Å². The topological polar surface area (TPSA) is 90.0 Å². The first-order valence-corrected chi connectivity index (χ1v) is 12.0. The van der Waals surface area contributed by atoms with E-state index in [-0.39, 0.29) is 5.91 Å². The normalized spacial score (nSPS) is 10.8. The Morgan fingerprint density at radius 2 is 1.37 bits per heavy atom. The highest BCUT2D eigenvalue weighted by Gasteiger charge is 2.20. The second-order valence-electron chi connectivity index (χ2n) is 9.41. The standard InChI is InChI=1S/C30H29N3O5/c1-30(2,3)38-29(35)33(4)23-13-17-26(18-14-23)37-27-19-12-22(20-31-27)32-28(34)21-10-15-25(16-11-21)36-24-8-6-5-7-9-24/h5-20H,1-4H3,(H,32,34). The molecule has 8 nitrogen and oxygen atoms in total. The van der Waals surface area contributed by atoms with Gasteiger partial charge in [0.2, 0.25) is 5.88 Å². The van der Waals surface area contributed by atoms with Crippen LogP contribution < -0.4 is 19.7 Å². The maximum absolute atomic E-state index is 12.6. The van der Waals surface area contributed by atoms with Crippen LogP contribution in [0.2, 0.25) is 0 Å². The number of nitrogens with zero attached hydrogens (tertiary/aromatic N) is 2. The fourth-order valence-electron chi connectivity index (χ4n) is 3.31. The van der Waals surface area contributed by atoms with Crippen molar-refractivity contribution < 1.29 is 23.8 Å². The fourth-order valence-corrected chi connectivity index (χ4v) is 3.31. The second-order valence-corrected chi connectivity index (χ2v) is 9.41. The Bertz CT molecular complexity index is 1370. The molecule has 1 N–H and O–H groups in total. The van der Waals surface area contributed by atoms with Crippen LogP contribution in [0.15, 0.2) is 97.2 Å². The van der Waals surface area contributed by atoms with E-state index in [0.717, 1.165) is 5.75 Å². The molecule has 2 amide bonds. The summed E-state index contributed by atoms with van der Waals surface area (Å²) < 4.78 is 16.9. The van der Waals surface area contributed by atoms with Gasteiger partial charge < -0.3 is 19.5 Å². The molecule has 0 saturated carbocycles. The van der Waals surface area contributed by atoms with Gasteiger partial charge in [-0.3, -0.25) is 9.69 Å². The number of amides is 2. The zero-order valence-corrected chi connectivity index (χ0v) is 21.7. The zero-order valence-electron chi connectivity index (χ0n) is 21.7. The summed E-state index contributed by atoms with van der Waals surface area (Å²) in [6, 6.07) is 26.7. The summed E-state index contributed by atoms with van der Waals surface area (Å²) >= 11 is 0. The van der Waals surface area contributed by atoms with E-state index in [2.05, 4.69) is 10.3 Å². The van der Waals surface area contributed by atoms with E-state index in [1.54, 1.807) is 67.7 Å². The second kappa shape index (κ2) is 11.5. The summed E-state index contributed by atoms with van der Waals surface area (Å²) in [5.41, 5.74) is 1.11. The first kappa shape index (κ1) is 26.2. The number of nitrogens with one attached hydrogen (secondary N) is 1. The van der Waals surface area contributed by atoms with E-state index in [4.69, 9.17) is 14.2 Å². The Kier molecular flexibility index (Phi) is 7.91. The molecule has 3 aromatic carbocycles. The molecule has 0 atom stereocenters. The molecule has 38 heavy (non-hydrogen) atoms. The van der Waals surface area contributed by atoms with E-state index in [1.165, 1.54) is 11.1 Å². The van der Waals surface area contributed by atoms with Crippen LogP contribution >= 0.6 is 0 Å². The third-order valence-electron chi connectivity index (χ3n) is 5.20. The highest BCUT2D eigenvalue weighted by Crippen LogP contribution is 2.25. The van der Waals surface area contributed by atoms with Crippen molar-refractivity contribution in [2.24, 2.45) is 0 Å². The molecule has 4 rings (SSSR count). The summed E-state index contributed by atoms with van der Waals surface area (Å²) in [6.45, 7) is 5.46. The van der Waals surface area contributed by atoms with Gasteiger partial charge >= 0.3 is 6.09 Å². The minimum atomic E-state index is -0.576. The van der Waals surface area contributed by atoms with Gasteiger partial charge in [-0.15, -0.1) is 0 Å². The molecule has 0 unspecified atom stereocenters. The number of aromatic nitrogens is 1. The molecule has 0 aliphatic heterocycles. The van der Waals surface area contributed by atoms with Gasteiger partial charge in [0.1, 0.15) is 22.8 Å². The lowest BCUT2D eigenvalue weighted by Gasteiger charge is -2.24. The molecule has 1 heterocycles. The molecule has 0 saturated heterocycles. The number of carbonyl (C=O) groups excluding carboxylic acids is 2. The molecule has 4 aromatic rings. The maximum Gasteiger partial charge on any atom is 0.414 e. The molecular weight excluding hydrogens is 482 g/mol. The van der Waals surface area contributed by atoms with Gasteiger partial charge in [-0.2, -0.15) is 0 Å². The van der Waals surface area contributed by atoms with Gasteiger partial charge in [-0.05, 0) is 87.5 Å². The van der Waals surface area contributed by atoms with Gasteiger partial charge in [-0.1, -0.05) is 18.2 Å². The molecule has 0 bridgehead atoms. The summed E-state index contributed by atoms with van der Waals surface area (Å²) in [5, 5.41) is 2.82. The number of para-hydroxylation sites is 1. The number of hydrogen-bond donors (Lipinski definition) is 1. The molecule has 194 valence electrons. The molecular formula is C30H29N3O5. The van der Waals surface area contributed by atoms with Crippen LogP contribution in [-0.4, -0.2) is 29.6 Å². The van der Waals surface area contributed by atoms with Crippen molar-refractivity contribution in [2.45, 2.75) is 26.4 Å². The van der Waals surface area contributed by atoms with E-state index in [9.17, 15) is 9.59 Å². The SMILES string of the molecule is CN(C(=O)OC(C)(C)C)c1ccc(Oc2ccc(NC(=O)c3ccc(Oc4ccccc4)cc3)cn2)cc1. The average molecular weight is 512 g/mol. The lowest BCUT2D eigenvalue weighted by Crippen LogP contribution is -2.34. The number of pyridine rings is 1. The zero-order chi connectivity index (χ0) is 27.1. The van der Waals surface area contributed by atoms with Crippen LogP contribution in [0.3, 0.4) is 0 Å². The van der Waals surface area contributed by atoms with Crippen LogP contribution in [0.5, 0.6) is 23.1 Å². The van der Waals surface area contributed by atoms with Crippen molar-refractivity contribution in [3.8, 4) is 23.1 Å². The van der Waals surface area contributed by atoms with Gasteiger partial charge in [0.25, 0.3) is 5.91 Å². The Balaban J connectivity index is 1.31. The lowest BCUT2D eigenvalue weighted by molar-refractivity contribution is 0.0589. The third kappa shape index (κ3) is 7.33. The van der Waals surface area contributed by atoms with Crippen LogP contribution in [0.4, 0.5) is 16.2 Å². The number of hydrogen-bond acceptors (Lipinski definition) is 6. The quantitative estimate of drug-likeness (QED) is 0.280. The minimum Gasteiger partial charge on any atom is -0.457 e. The molecule has 1 aromatic heterocycles. The van der Waals surface area contributed by atoms with E-state index in [0.29, 0.717) is 34.3 Å². The highest BCUT2D eigenvalue weighted by atomic mass is 16.6. The summed E-state index contributed by atoms with van der Waals surface area (Å²) in [7, 11) is 1.64. The van der Waals surface area contributed by atoms with Crippen molar-refractivity contribution >= 4 is 23.4 Å². The lowest BCUT2D eigenvalue weighted by atomic mass is 10.2. The van der Waals surface area contributed by atoms with E-state index < -0.39 is 11.7 Å². The summed E-state index contributed by atoms with van der Waals surface area (Å²) in [5.74, 6) is 2.01. The van der Waals surface area contributed by atoms with Gasteiger partial charge in [-0.25, -0.2) is 9.78 Å². The molecule has 8 heteroatoms. The van der Waals surface area contributed by atoms with Crippen molar-refractivity contribution in [3.05, 3.63) is 103 Å². The smallest absolute Gasteiger partial charge is 0.414 e. The molecule has 0 aliphatic rings. The predicted molar refractivity (Wildman–Crippen MR) is 146 cm³/mol. The average Bonchev–Trinajstić information content (AvgIpc) is 2.90. The molecule has 0 fully saturated rings.